The summed E-state index contributed by atoms with van der Waals surface area (Å²) < 4.78 is 80.4. The molecule has 4 rings (SSSR count). The van der Waals surface area contributed by atoms with E-state index in [0.717, 1.165) is 44.3 Å². The standard InChI is InChI=1S/C27H38N6O4.2C2HF3O2/c1-17(2)28-9-14-37-22-8-7-20(30-26(22)33-12-10-32(11-13-33)18(3)4)25-29-21-15-19(35-5)16-23(36-6)24(21)27(34)31-25;2*3-2(4,5)1(6)7/h7-8,15-18,28H,9-14H2,1-6H3,(H,29,31,34);2*(H,6,7). The largest absolute Gasteiger partial charge is 0.497 e. The zero-order chi connectivity index (χ0) is 38.7. The molecule has 3 aromatic rings. The van der Waals surface area contributed by atoms with Crippen LogP contribution in [0.15, 0.2) is 29.1 Å². The Morgan fingerprint density at radius 2 is 1.47 bits per heavy atom. The Labute approximate surface area is 288 Å². The van der Waals surface area contributed by atoms with E-state index in [4.69, 9.17) is 44.0 Å². The van der Waals surface area contributed by atoms with Crippen LogP contribution in [0.25, 0.3) is 22.4 Å². The molecule has 20 heteroatoms. The molecule has 0 bridgehead atoms. The molecular weight excluding hydrogens is 698 g/mol. The number of alkyl halides is 6. The third-order valence-corrected chi connectivity index (χ3v) is 7.02. The molecule has 0 unspecified atom stereocenters. The minimum atomic E-state index is -5.08. The van der Waals surface area contributed by atoms with Gasteiger partial charge in [-0.15, -0.1) is 0 Å². The highest BCUT2D eigenvalue weighted by atomic mass is 19.4. The minimum Gasteiger partial charge on any atom is -0.497 e. The van der Waals surface area contributed by atoms with Crippen LogP contribution in [0.5, 0.6) is 17.2 Å². The fourth-order valence-corrected chi connectivity index (χ4v) is 4.48. The number of benzene rings is 1. The molecule has 4 N–H and O–H groups in total. The second-order valence-electron chi connectivity index (χ2n) is 11.3. The first-order chi connectivity index (χ1) is 23.7. The Kier molecular flexibility index (Phi) is 15.3. The summed E-state index contributed by atoms with van der Waals surface area (Å²) in [5, 5.41) is 18.0. The first-order valence-electron chi connectivity index (χ1n) is 15.3. The number of methoxy groups -OCH3 is 2. The van der Waals surface area contributed by atoms with Crippen molar-refractivity contribution < 1.29 is 60.4 Å². The number of hydrogen-bond acceptors (Lipinski definition) is 11. The van der Waals surface area contributed by atoms with Crippen molar-refractivity contribution in [1.29, 1.82) is 0 Å². The second-order valence-corrected chi connectivity index (χ2v) is 11.3. The van der Waals surface area contributed by atoms with Gasteiger partial charge in [-0.2, -0.15) is 26.3 Å². The Bertz CT molecular complexity index is 1650. The zero-order valence-corrected chi connectivity index (χ0v) is 28.6. The lowest BCUT2D eigenvalue weighted by Gasteiger charge is -2.38. The summed E-state index contributed by atoms with van der Waals surface area (Å²) in [6.07, 6.45) is -10.2. The smallest absolute Gasteiger partial charge is 0.490 e. The Morgan fingerprint density at radius 1 is 0.902 bits per heavy atom. The molecule has 51 heavy (non-hydrogen) atoms. The Hall–Kier alpha value is -4.85. The molecule has 1 aromatic carbocycles. The molecule has 1 aliphatic heterocycles. The number of halogens is 6. The number of piperazine rings is 1. The number of nitrogens with one attached hydrogen (secondary N) is 2. The van der Waals surface area contributed by atoms with Crippen LogP contribution in [0.3, 0.4) is 0 Å². The lowest BCUT2D eigenvalue weighted by atomic mass is 10.2. The average molecular weight is 739 g/mol. The maximum atomic E-state index is 13.0. The van der Waals surface area contributed by atoms with Gasteiger partial charge in [-0.25, -0.2) is 19.6 Å². The molecule has 0 saturated carbocycles. The van der Waals surface area contributed by atoms with Crippen molar-refractivity contribution in [1.82, 2.24) is 25.2 Å². The number of rotatable bonds is 10. The van der Waals surface area contributed by atoms with Gasteiger partial charge in [-0.1, -0.05) is 13.8 Å². The van der Waals surface area contributed by atoms with Gasteiger partial charge in [0.25, 0.3) is 5.56 Å². The third-order valence-electron chi connectivity index (χ3n) is 7.02. The summed E-state index contributed by atoms with van der Waals surface area (Å²) >= 11 is 0. The average Bonchev–Trinajstić information content (AvgIpc) is 3.05. The van der Waals surface area contributed by atoms with Gasteiger partial charge >= 0.3 is 24.3 Å². The number of H-pyrrole nitrogens is 1. The number of ether oxygens (including phenoxy) is 3. The Morgan fingerprint density at radius 3 is 1.94 bits per heavy atom. The van der Waals surface area contributed by atoms with Crippen molar-refractivity contribution in [3.05, 3.63) is 34.6 Å². The van der Waals surface area contributed by atoms with Crippen molar-refractivity contribution >= 4 is 28.7 Å². The van der Waals surface area contributed by atoms with Gasteiger partial charge in [-0.05, 0) is 26.0 Å². The number of aliphatic carboxylic acids is 2. The maximum absolute atomic E-state index is 13.0. The van der Waals surface area contributed by atoms with E-state index in [1.54, 1.807) is 19.2 Å². The van der Waals surface area contributed by atoms with Crippen molar-refractivity contribution in [2.24, 2.45) is 0 Å². The predicted octanol–water partition coefficient (Wildman–Crippen LogP) is 4.18. The highest BCUT2D eigenvalue weighted by molar-refractivity contribution is 5.87. The monoisotopic (exact) mass is 738 g/mol. The summed E-state index contributed by atoms with van der Waals surface area (Å²) in [4.78, 5) is 48.1. The van der Waals surface area contributed by atoms with E-state index in [1.807, 2.05) is 12.1 Å². The van der Waals surface area contributed by atoms with E-state index in [2.05, 4.69) is 47.8 Å². The summed E-state index contributed by atoms with van der Waals surface area (Å²) in [5.41, 5.74) is 0.743. The molecule has 1 saturated heterocycles. The molecule has 2 aromatic heterocycles. The molecule has 0 amide bonds. The number of fused-ring (bicyclic) bond motifs is 1. The number of carboxylic acid groups (broad SMARTS) is 2. The number of carbonyl (C=O) groups is 2. The lowest BCUT2D eigenvalue weighted by Crippen LogP contribution is -2.49. The van der Waals surface area contributed by atoms with Crippen LogP contribution < -0.4 is 30.0 Å². The summed E-state index contributed by atoms with van der Waals surface area (Å²) in [6.45, 7) is 13.5. The van der Waals surface area contributed by atoms with E-state index < -0.39 is 24.3 Å². The third kappa shape index (κ3) is 12.8. The van der Waals surface area contributed by atoms with Gasteiger partial charge in [0.1, 0.15) is 29.2 Å². The number of aromatic amines is 1. The number of hydrogen-bond donors (Lipinski definition) is 4. The number of carboxylic acids is 2. The van der Waals surface area contributed by atoms with Crippen molar-refractivity contribution in [3.63, 3.8) is 0 Å². The quantitative estimate of drug-likeness (QED) is 0.172. The van der Waals surface area contributed by atoms with Crippen molar-refractivity contribution in [3.8, 4) is 28.8 Å². The van der Waals surface area contributed by atoms with Crippen LogP contribution in [0.4, 0.5) is 32.2 Å². The summed E-state index contributed by atoms with van der Waals surface area (Å²) in [7, 11) is 3.08. The SMILES string of the molecule is COc1cc(OC)c2c(=O)[nH]c(-c3ccc(OCCNC(C)C)c(N4CCN(C(C)C)CC4)n3)nc2c1.O=C(O)C(F)(F)F.O=C(O)C(F)(F)F. The number of aromatic nitrogens is 3. The normalized spacial score (nSPS) is 13.6. The van der Waals surface area contributed by atoms with E-state index in [9.17, 15) is 31.1 Å². The molecule has 1 aliphatic rings. The number of anilines is 1. The molecule has 0 aliphatic carbocycles. The predicted molar refractivity (Wildman–Crippen MR) is 174 cm³/mol. The first kappa shape index (κ1) is 42.3. The highest BCUT2D eigenvalue weighted by Crippen LogP contribution is 2.32. The van der Waals surface area contributed by atoms with Gasteiger partial charge in [0.2, 0.25) is 0 Å². The molecule has 0 atom stereocenters. The molecular formula is C31H40F6N6O8. The molecule has 0 spiro atoms. The lowest BCUT2D eigenvalue weighted by molar-refractivity contribution is -0.193. The maximum Gasteiger partial charge on any atom is 0.490 e. The van der Waals surface area contributed by atoms with E-state index in [0.29, 0.717) is 52.6 Å². The van der Waals surface area contributed by atoms with Crippen LogP contribution in [-0.4, -0.2) is 120 Å². The molecule has 3 heterocycles. The zero-order valence-electron chi connectivity index (χ0n) is 28.6. The van der Waals surface area contributed by atoms with Crippen LogP contribution in [0.1, 0.15) is 27.7 Å². The van der Waals surface area contributed by atoms with Gasteiger partial charge in [-0.3, -0.25) is 9.69 Å². The van der Waals surface area contributed by atoms with Crippen molar-refractivity contribution in [2.45, 2.75) is 52.1 Å². The van der Waals surface area contributed by atoms with E-state index in [1.165, 1.54) is 7.11 Å². The van der Waals surface area contributed by atoms with Crippen molar-refractivity contribution in [2.75, 3.05) is 58.5 Å². The van der Waals surface area contributed by atoms with E-state index in [-0.39, 0.29) is 5.56 Å². The second kappa shape index (κ2) is 18.4. The van der Waals surface area contributed by atoms with E-state index >= 15 is 0 Å². The highest BCUT2D eigenvalue weighted by Gasteiger charge is 2.39. The molecule has 0 radical (unpaired) electrons. The fraction of sp³-hybridized carbons (Fsp3) is 0.516. The topological polar surface area (TPSA) is 179 Å². The fourth-order valence-electron chi connectivity index (χ4n) is 4.48. The van der Waals surface area contributed by atoms with Gasteiger partial charge < -0.3 is 39.6 Å². The Balaban J connectivity index is 0.000000543. The minimum absolute atomic E-state index is 0.298. The molecule has 284 valence electrons. The van der Waals surface area contributed by atoms with Crippen LogP contribution >= 0.6 is 0 Å². The summed E-state index contributed by atoms with van der Waals surface area (Å²) in [5.74, 6) is -2.69. The molecule has 14 nitrogen and oxygen atoms in total. The van der Waals surface area contributed by atoms with Gasteiger partial charge in [0, 0.05) is 56.9 Å². The van der Waals surface area contributed by atoms with Crippen LogP contribution in [0.2, 0.25) is 0 Å². The van der Waals surface area contributed by atoms with Crippen LogP contribution in [0, 0.1) is 0 Å². The number of nitrogens with zero attached hydrogens (tertiary/aromatic N) is 4. The number of pyridine rings is 1. The first-order valence-corrected chi connectivity index (χ1v) is 15.3. The molecule has 1 fully saturated rings. The van der Waals surface area contributed by atoms with Gasteiger partial charge in [0.15, 0.2) is 17.4 Å². The van der Waals surface area contributed by atoms with Crippen LogP contribution in [-0.2, 0) is 9.59 Å². The summed E-state index contributed by atoms with van der Waals surface area (Å²) in [6, 6.07) is 8.04. The van der Waals surface area contributed by atoms with Gasteiger partial charge in [0.05, 0.1) is 19.7 Å².